The van der Waals surface area contributed by atoms with Crippen LogP contribution in [-0.2, 0) is 6.54 Å². The van der Waals surface area contributed by atoms with E-state index < -0.39 is 17.3 Å². The molecule has 0 spiro atoms. The van der Waals surface area contributed by atoms with E-state index in [1.165, 1.54) is 19.4 Å². The van der Waals surface area contributed by atoms with Crippen LogP contribution in [0.25, 0.3) is 10.9 Å². The van der Waals surface area contributed by atoms with Crippen molar-refractivity contribution >= 4 is 51.9 Å². The number of nitrogens with one attached hydrogen (secondary N) is 2. The van der Waals surface area contributed by atoms with E-state index >= 15 is 4.39 Å². The number of nitrogens with zero attached hydrogens (tertiary/aromatic N) is 3. The Hall–Kier alpha value is -3.70. The number of methoxy groups -OCH3 is 1. The third kappa shape index (κ3) is 5.99. The quantitative estimate of drug-likeness (QED) is 0.334. The molecule has 2 atom stereocenters. The molecule has 3 aliphatic rings. The molecule has 2 N–H and O–H groups in total. The van der Waals surface area contributed by atoms with Gasteiger partial charge >= 0.3 is 12.1 Å². The molecule has 1 aromatic heterocycles. The molecule has 3 aromatic rings. The highest BCUT2D eigenvalue weighted by molar-refractivity contribution is 6.35. The number of piperazine rings is 1. The van der Waals surface area contributed by atoms with Crippen molar-refractivity contribution in [1.82, 2.24) is 20.1 Å². The molecule has 2 heterocycles. The van der Waals surface area contributed by atoms with Gasteiger partial charge < -0.3 is 34.5 Å². The highest BCUT2D eigenvalue weighted by atomic mass is 35.5. The lowest BCUT2D eigenvalue weighted by Crippen LogP contribution is -2.61. The first kappa shape index (κ1) is 30.3. The summed E-state index contributed by atoms with van der Waals surface area (Å²) in [6.45, 7) is 4.70. The second-order valence-corrected chi connectivity index (χ2v) is 12.7. The van der Waals surface area contributed by atoms with Crippen LogP contribution in [0.4, 0.5) is 19.7 Å². The van der Waals surface area contributed by atoms with Crippen molar-refractivity contribution < 1.29 is 23.5 Å². The third-order valence-corrected chi connectivity index (χ3v) is 8.91. The molecule has 6 rings (SSSR count). The fourth-order valence-electron chi connectivity index (χ4n) is 5.97. The zero-order valence-corrected chi connectivity index (χ0v) is 26.2. The van der Waals surface area contributed by atoms with Gasteiger partial charge in [0, 0.05) is 53.8 Å². The molecule has 10 nitrogen and oxygen atoms in total. The van der Waals surface area contributed by atoms with Crippen LogP contribution < -0.4 is 30.4 Å². The number of halogens is 3. The summed E-state index contributed by atoms with van der Waals surface area (Å²) in [6, 6.07) is 5.85. The maximum atomic E-state index is 16.0. The van der Waals surface area contributed by atoms with Crippen molar-refractivity contribution in [2.45, 2.75) is 70.2 Å². The number of aromatic nitrogens is 1. The summed E-state index contributed by atoms with van der Waals surface area (Å²) >= 11 is 12.1. The van der Waals surface area contributed by atoms with Crippen molar-refractivity contribution in [3.63, 3.8) is 0 Å². The number of ether oxygens (including phenoxy) is 2. The largest absolute Gasteiger partial charge is 0.492 e. The maximum absolute atomic E-state index is 16.0. The van der Waals surface area contributed by atoms with Gasteiger partial charge in [0.05, 0.1) is 24.2 Å². The van der Waals surface area contributed by atoms with Gasteiger partial charge in [0.2, 0.25) is 5.43 Å². The Morgan fingerprint density at radius 2 is 1.77 bits per heavy atom. The lowest BCUT2D eigenvalue weighted by molar-refractivity contribution is 0.141. The van der Waals surface area contributed by atoms with Crippen LogP contribution in [0.2, 0.25) is 10.0 Å². The number of benzene rings is 2. The summed E-state index contributed by atoms with van der Waals surface area (Å²) in [5, 5.41) is 6.53. The number of hydrogen-bond acceptors (Lipinski definition) is 6. The molecular formula is C31H34Cl2FN5O5. The summed E-state index contributed by atoms with van der Waals surface area (Å²) in [4.78, 5) is 42.9. The summed E-state index contributed by atoms with van der Waals surface area (Å²) < 4.78 is 29.1. The first-order valence-electron chi connectivity index (χ1n) is 14.7. The fraction of sp³-hybridized carbons (Fsp3) is 0.452. The smallest absolute Gasteiger partial charge is 0.413 e. The Kier molecular flexibility index (Phi) is 8.27. The zero-order valence-electron chi connectivity index (χ0n) is 24.7. The van der Waals surface area contributed by atoms with E-state index in [9.17, 15) is 14.4 Å². The van der Waals surface area contributed by atoms with Gasteiger partial charge in [-0.2, -0.15) is 0 Å². The fourth-order valence-corrected chi connectivity index (χ4v) is 6.45. The number of carbonyl (C=O) groups excluding carboxylic acids is 2. The van der Waals surface area contributed by atoms with E-state index in [2.05, 4.69) is 10.6 Å². The van der Waals surface area contributed by atoms with Crippen molar-refractivity contribution in [1.29, 1.82) is 0 Å². The number of fused-ring (bicyclic) bond motifs is 1. The van der Waals surface area contributed by atoms with Gasteiger partial charge in [-0.05, 0) is 63.3 Å². The molecule has 3 fully saturated rings. The van der Waals surface area contributed by atoms with Crippen LogP contribution in [-0.4, -0.2) is 59.9 Å². The zero-order chi connectivity index (χ0) is 31.3. The summed E-state index contributed by atoms with van der Waals surface area (Å²) in [6.07, 6.45) is 4.31. The Labute approximate surface area is 264 Å². The molecule has 0 bridgehead atoms. The van der Waals surface area contributed by atoms with E-state index in [0.29, 0.717) is 34.2 Å². The predicted octanol–water partition coefficient (Wildman–Crippen LogP) is 5.85. The Morgan fingerprint density at radius 1 is 1.07 bits per heavy atom. The van der Waals surface area contributed by atoms with E-state index in [-0.39, 0.29) is 59.3 Å². The van der Waals surface area contributed by atoms with Gasteiger partial charge in [0.1, 0.15) is 5.69 Å². The summed E-state index contributed by atoms with van der Waals surface area (Å²) in [5.41, 5.74) is 0.658. The van der Waals surface area contributed by atoms with Gasteiger partial charge in [0.25, 0.3) is 0 Å². The second-order valence-electron chi connectivity index (χ2n) is 11.8. The minimum atomic E-state index is -0.856. The second kappa shape index (κ2) is 12.0. The molecule has 234 valence electrons. The van der Waals surface area contributed by atoms with Gasteiger partial charge in [-0.1, -0.05) is 29.3 Å². The molecule has 1 saturated heterocycles. The van der Waals surface area contributed by atoms with Crippen molar-refractivity contribution in [3.05, 3.63) is 62.1 Å². The minimum Gasteiger partial charge on any atom is -0.492 e. The van der Waals surface area contributed by atoms with Gasteiger partial charge in [-0.25, -0.2) is 14.0 Å². The van der Waals surface area contributed by atoms with E-state index in [1.807, 2.05) is 28.2 Å². The molecule has 13 heteroatoms. The van der Waals surface area contributed by atoms with Crippen LogP contribution in [0, 0.1) is 5.82 Å². The standard InChI is InChI=1S/C31H34Cl2FN5O5/c1-16-13-37(14-17(2)39(16)30(41)36-20-6-7-20)27-24(34)11-22-26(29(27)43-3)38(21-8-9-21)15-25(28(22)40)44-31(42)35-12-18-4-5-19(32)10-23(18)33/h4-5,10-11,15-17,20-21H,6-9,12-14H2,1-3H3,(H,35,42)(H,36,41). The normalized spacial score (nSPS) is 20.0. The van der Waals surface area contributed by atoms with Crippen molar-refractivity contribution in [2.24, 2.45) is 0 Å². The van der Waals surface area contributed by atoms with Crippen LogP contribution >= 0.6 is 23.2 Å². The molecule has 2 aromatic carbocycles. The Balaban J connectivity index is 1.30. The van der Waals surface area contributed by atoms with Crippen LogP contribution in [0.15, 0.2) is 35.3 Å². The SMILES string of the molecule is COc1c(N2CC(C)N(C(=O)NC3CC3)C(C)C2)c(F)cc2c(=O)c(OC(=O)NCc3ccc(Cl)cc3Cl)cn(C3CC3)c12. The number of carbonyl (C=O) groups is 2. The Bertz CT molecular complexity index is 1680. The minimum absolute atomic E-state index is 0.0319. The number of pyridine rings is 1. The first-order valence-corrected chi connectivity index (χ1v) is 15.5. The molecule has 2 unspecified atom stereocenters. The molecule has 0 radical (unpaired) electrons. The topological polar surface area (TPSA) is 105 Å². The molecule has 3 amide bonds. The maximum Gasteiger partial charge on any atom is 0.413 e. The van der Waals surface area contributed by atoms with E-state index in [4.69, 9.17) is 32.7 Å². The monoisotopic (exact) mass is 645 g/mol. The van der Waals surface area contributed by atoms with E-state index in [1.54, 1.807) is 18.2 Å². The number of rotatable bonds is 7. The van der Waals surface area contributed by atoms with Gasteiger partial charge in [0.15, 0.2) is 17.3 Å². The first-order chi connectivity index (χ1) is 21.0. The highest BCUT2D eigenvalue weighted by Gasteiger charge is 2.38. The Morgan fingerprint density at radius 3 is 2.39 bits per heavy atom. The molecule has 44 heavy (non-hydrogen) atoms. The number of urea groups is 1. The van der Waals surface area contributed by atoms with Crippen LogP contribution in [0.5, 0.6) is 11.5 Å². The molecule has 2 saturated carbocycles. The van der Waals surface area contributed by atoms with E-state index in [0.717, 1.165) is 25.7 Å². The number of anilines is 1. The van der Waals surface area contributed by atoms with Gasteiger partial charge in [-0.15, -0.1) is 0 Å². The lowest BCUT2D eigenvalue weighted by atomic mass is 10.1. The number of amides is 3. The number of hydrogen-bond donors (Lipinski definition) is 2. The van der Waals surface area contributed by atoms with Crippen molar-refractivity contribution in [2.75, 3.05) is 25.1 Å². The average Bonchev–Trinajstić information content (AvgIpc) is 3.89. The van der Waals surface area contributed by atoms with Crippen LogP contribution in [0.1, 0.15) is 51.1 Å². The molecular weight excluding hydrogens is 612 g/mol. The van der Waals surface area contributed by atoms with Crippen molar-refractivity contribution in [3.8, 4) is 11.5 Å². The summed E-state index contributed by atoms with van der Waals surface area (Å²) in [7, 11) is 1.45. The molecule has 2 aliphatic carbocycles. The highest BCUT2D eigenvalue weighted by Crippen LogP contribution is 2.45. The predicted molar refractivity (Wildman–Crippen MR) is 167 cm³/mol. The van der Waals surface area contributed by atoms with Gasteiger partial charge in [-0.3, -0.25) is 4.79 Å². The molecule has 1 aliphatic heterocycles. The average molecular weight is 647 g/mol. The summed E-state index contributed by atoms with van der Waals surface area (Å²) in [5.74, 6) is -0.633. The van der Waals surface area contributed by atoms with Crippen LogP contribution in [0.3, 0.4) is 0 Å². The lowest BCUT2D eigenvalue weighted by Gasteiger charge is -2.45. The third-order valence-electron chi connectivity index (χ3n) is 8.33.